The zero-order valence-corrected chi connectivity index (χ0v) is 16.4. The summed E-state index contributed by atoms with van der Waals surface area (Å²) in [5.74, 6) is 0.0963. The van der Waals surface area contributed by atoms with Crippen LogP contribution in [0.25, 0.3) is 0 Å². The summed E-state index contributed by atoms with van der Waals surface area (Å²) >= 11 is 0. The second-order valence-electron chi connectivity index (χ2n) is 7.08. The summed E-state index contributed by atoms with van der Waals surface area (Å²) in [5, 5.41) is 2.82. The Hall–Kier alpha value is -2.61. The Morgan fingerprint density at radius 2 is 1.75 bits per heavy atom. The van der Waals surface area contributed by atoms with E-state index in [1.165, 1.54) is 0 Å². The molecule has 3 amide bonds. The van der Waals surface area contributed by atoms with E-state index in [0.717, 1.165) is 49.1 Å². The van der Waals surface area contributed by atoms with Crippen LogP contribution in [0.3, 0.4) is 0 Å². The van der Waals surface area contributed by atoms with E-state index >= 15 is 0 Å². The van der Waals surface area contributed by atoms with Gasteiger partial charge in [0.2, 0.25) is 17.7 Å². The van der Waals surface area contributed by atoms with Crippen LogP contribution < -0.4 is 15.0 Å². The molecule has 3 rings (SSSR count). The van der Waals surface area contributed by atoms with Gasteiger partial charge in [-0.15, -0.1) is 0 Å². The molecule has 0 aliphatic carbocycles. The van der Waals surface area contributed by atoms with Crippen LogP contribution in [0, 0.1) is 0 Å². The van der Waals surface area contributed by atoms with Crippen LogP contribution in [-0.2, 0) is 14.4 Å². The highest BCUT2D eigenvalue weighted by atomic mass is 16.5. The van der Waals surface area contributed by atoms with E-state index in [0.29, 0.717) is 25.8 Å². The number of hydrogen-bond acceptors (Lipinski definition) is 6. The summed E-state index contributed by atoms with van der Waals surface area (Å²) in [5.41, 5.74) is 1.11. The van der Waals surface area contributed by atoms with Gasteiger partial charge in [0.15, 0.2) is 0 Å². The Kier molecular flexibility index (Phi) is 6.86. The van der Waals surface area contributed by atoms with Gasteiger partial charge >= 0.3 is 0 Å². The molecule has 8 heteroatoms. The zero-order valence-electron chi connectivity index (χ0n) is 16.4. The van der Waals surface area contributed by atoms with Gasteiger partial charge in [-0.2, -0.15) is 0 Å². The molecule has 2 aliphatic heterocycles. The maximum absolute atomic E-state index is 12.1. The number of benzene rings is 1. The van der Waals surface area contributed by atoms with Crippen molar-refractivity contribution in [1.82, 2.24) is 15.1 Å². The minimum Gasteiger partial charge on any atom is -0.495 e. The van der Waals surface area contributed by atoms with E-state index in [2.05, 4.69) is 21.2 Å². The normalized spacial score (nSPS) is 18.3. The topological polar surface area (TPSA) is 82.2 Å². The quantitative estimate of drug-likeness (QED) is 0.684. The van der Waals surface area contributed by atoms with Crippen LogP contribution >= 0.6 is 0 Å². The fraction of sp³-hybridized carbons (Fsp3) is 0.550. The second kappa shape index (κ2) is 9.54. The maximum Gasteiger partial charge on any atom is 0.240 e. The highest BCUT2D eigenvalue weighted by Crippen LogP contribution is 2.28. The lowest BCUT2D eigenvalue weighted by Gasteiger charge is -2.36. The third-order valence-electron chi connectivity index (χ3n) is 5.23. The van der Waals surface area contributed by atoms with Gasteiger partial charge in [0.05, 0.1) is 12.8 Å². The molecule has 0 bridgehead atoms. The van der Waals surface area contributed by atoms with Gasteiger partial charge in [-0.25, -0.2) is 0 Å². The second-order valence-corrected chi connectivity index (χ2v) is 7.08. The highest BCUT2D eigenvalue weighted by Gasteiger charge is 2.27. The maximum atomic E-state index is 12.1. The molecule has 1 N–H and O–H groups in total. The Morgan fingerprint density at radius 1 is 1.07 bits per heavy atom. The number of imide groups is 1. The van der Waals surface area contributed by atoms with Crippen LogP contribution in [0.1, 0.15) is 19.3 Å². The number of hydrogen-bond donors (Lipinski definition) is 1. The summed E-state index contributed by atoms with van der Waals surface area (Å²) < 4.78 is 5.44. The number of nitrogens with zero attached hydrogens (tertiary/aromatic N) is 3. The standard InChI is InChI=1S/C20H28N4O4/c1-28-17-6-3-2-5-16(17)23-13-11-22(12-14-23)10-9-21-18(25)15-24-19(26)7-4-8-20(24)27/h2-3,5-6H,4,7-15H2,1H3,(H,21,25). The summed E-state index contributed by atoms with van der Waals surface area (Å²) in [6.07, 6.45) is 1.27. The van der Waals surface area contributed by atoms with Crippen molar-refractivity contribution in [1.29, 1.82) is 0 Å². The van der Waals surface area contributed by atoms with Crippen LogP contribution in [0.2, 0.25) is 0 Å². The van der Waals surface area contributed by atoms with Crippen molar-refractivity contribution in [2.75, 3.05) is 57.8 Å². The molecule has 2 heterocycles. The van der Waals surface area contributed by atoms with Crippen molar-refractivity contribution in [2.45, 2.75) is 19.3 Å². The summed E-state index contributed by atoms with van der Waals surface area (Å²) in [6, 6.07) is 8.01. The number of amides is 3. The number of rotatable bonds is 7. The smallest absolute Gasteiger partial charge is 0.240 e. The summed E-state index contributed by atoms with van der Waals surface area (Å²) in [6.45, 7) is 4.67. The van der Waals surface area contributed by atoms with Crippen LogP contribution in [0.5, 0.6) is 5.75 Å². The molecule has 8 nitrogen and oxygen atoms in total. The monoisotopic (exact) mass is 388 g/mol. The molecule has 152 valence electrons. The summed E-state index contributed by atoms with van der Waals surface area (Å²) in [7, 11) is 1.68. The molecular formula is C20H28N4O4. The lowest BCUT2D eigenvalue weighted by Crippen LogP contribution is -2.50. The first kappa shape index (κ1) is 20.1. The number of nitrogens with one attached hydrogen (secondary N) is 1. The predicted octanol–water partition coefficient (Wildman–Crippen LogP) is 0.473. The average Bonchev–Trinajstić information content (AvgIpc) is 2.71. The third kappa shape index (κ3) is 5.01. The van der Waals surface area contributed by atoms with E-state index in [1.807, 2.05) is 18.2 Å². The van der Waals surface area contributed by atoms with Gasteiger partial charge in [-0.05, 0) is 18.6 Å². The van der Waals surface area contributed by atoms with Crippen molar-refractivity contribution in [3.63, 3.8) is 0 Å². The molecule has 0 spiro atoms. The molecular weight excluding hydrogens is 360 g/mol. The Morgan fingerprint density at radius 3 is 2.43 bits per heavy atom. The number of para-hydroxylation sites is 2. The lowest BCUT2D eigenvalue weighted by molar-refractivity contribution is -0.150. The van der Waals surface area contributed by atoms with Crippen LogP contribution in [-0.4, -0.2) is 80.4 Å². The Balaban J connectivity index is 1.38. The SMILES string of the molecule is COc1ccccc1N1CCN(CCNC(=O)CN2C(=O)CCCC2=O)CC1. The van der Waals surface area contributed by atoms with E-state index in [9.17, 15) is 14.4 Å². The number of methoxy groups -OCH3 is 1. The van der Waals surface area contributed by atoms with Gasteiger partial charge in [0.25, 0.3) is 0 Å². The molecule has 0 aromatic heterocycles. The Labute approximate surface area is 165 Å². The number of likely N-dealkylation sites (tertiary alicyclic amines) is 1. The first-order valence-electron chi connectivity index (χ1n) is 9.78. The van der Waals surface area contributed by atoms with Gasteiger partial charge < -0.3 is 15.0 Å². The lowest BCUT2D eigenvalue weighted by atomic mass is 10.1. The summed E-state index contributed by atoms with van der Waals surface area (Å²) in [4.78, 5) is 41.2. The zero-order chi connectivity index (χ0) is 19.9. The number of carbonyl (C=O) groups excluding carboxylic acids is 3. The molecule has 0 saturated carbocycles. The number of ether oxygens (including phenoxy) is 1. The molecule has 2 fully saturated rings. The van der Waals surface area contributed by atoms with Crippen molar-refractivity contribution in [3.05, 3.63) is 24.3 Å². The molecule has 2 saturated heterocycles. The molecule has 0 radical (unpaired) electrons. The third-order valence-corrected chi connectivity index (χ3v) is 5.23. The fourth-order valence-electron chi connectivity index (χ4n) is 3.63. The average molecular weight is 388 g/mol. The first-order chi connectivity index (χ1) is 13.6. The molecule has 0 unspecified atom stereocenters. The van der Waals surface area contributed by atoms with Gasteiger partial charge in [0.1, 0.15) is 12.3 Å². The van der Waals surface area contributed by atoms with Gasteiger partial charge in [0, 0.05) is 52.1 Å². The minimum atomic E-state index is -0.281. The molecule has 28 heavy (non-hydrogen) atoms. The number of piperazine rings is 1. The van der Waals surface area contributed by atoms with Crippen molar-refractivity contribution in [3.8, 4) is 5.75 Å². The Bertz CT molecular complexity index is 700. The number of anilines is 1. The van der Waals surface area contributed by atoms with Crippen molar-refractivity contribution in [2.24, 2.45) is 0 Å². The van der Waals surface area contributed by atoms with Gasteiger partial charge in [-0.1, -0.05) is 12.1 Å². The van der Waals surface area contributed by atoms with Crippen molar-refractivity contribution < 1.29 is 19.1 Å². The number of piperidine rings is 1. The van der Waals surface area contributed by atoms with E-state index in [-0.39, 0.29) is 24.3 Å². The van der Waals surface area contributed by atoms with E-state index in [4.69, 9.17) is 4.74 Å². The predicted molar refractivity (Wildman–Crippen MR) is 105 cm³/mol. The minimum absolute atomic E-state index is 0.167. The van der Waals surface area contributed by atoms with E-state index in [1.54, 1.807) is 7.11 Å². The van der Waals surface area contributed by atoms with Crippen molar-refractivity contribution >= 4 is 23.4 Å². The molecule has 2 aliphatic rings. The van der Waals surface area contributed by atoms with Gasteiger partial charge in [-0.3, -0.25) is 24.2 Å². The van der Waals surface area contributed by atoms with Crippen LogP contribution in [0.15, 0.2) is 24.3 Å². The fourth-order valence-corrected chi connectivity index (χ4v) is 3.63. The first-order valence-corrected chi connectivity index (χ1v) is 9.78. The highest BCUT2D eigenvalue weighted by molar-refractivity contribution is 6.00. The molecule has 1 aromatic carbocycles. The van der Waals surface area contributed by atoms with Crippen LogP contribution in [0.4, 0.5) is 5.69 Å². The largest absolute Gasteiger partial charge is 0.495 e. The van der Waals surface area contributed by atoms with E-state index < -0.39 is 0 Å². The molecule has 1 aromatic rings. The molecule has 0 atom stereocenters. The number of carbonyl (C=O) groups is 3.